The molecule has 0 saturated heterocycles. The maximum atomic E-state index is 6.14. The van der Waals surface area contributed by atoms with Crippen LogP contribution in [0.4, 0.5) is 0 Å². The summed E-state index contributed by atoms with van der Waals surface area (Å²) < 4.78 is 0. The molecule has 12 heavy (non-hydrogen) atoms. The van der Waals surface area contributed by atoms with Gasteiger partial charge in [0.25, 0.3) is 0 Å². The van der Waals surface area contributed by atoms with Gasteiger partial charge in [0.2, 0.25) is 0 Å². The molecule has 2 nitrogen and oxygen atoms in total. The predicted molar refractivity (Wildman–Crippen MR) is 50.6 cm³/mol. The van der Waals surface area contributed by atoms with E-state index in [0.29, 0.717) is 23.4 Å². The molecule has 0 amide bonds. The van der Waals surface area contributed by atoms with Crippen molar-refractivity contribution in [1.29, 1.82) is 0 Å². The van der Waals surface area contributed by atoms with E-state index >= 15 is 0 Å². The minimum absolute atomic E-state index is 0.289. The van der Waals surface area contributed by atoms with Gasteiger partial charge < -0.3 is 11.5 Å². The second-order valence-corrected chi connectivity index (χ2v) is 5.46. The van der Waals surface area contributed by atoms with Gasteiger partial charge in [-0.2, -0.15) is 0 Å². The molecule has 0 heterocycles. The molecule has 2 aliphatic rings. The normalized spacial score (nSPS) is 56.2. The monoisotopic (exact) mass is 168 g/mol. The van der Waals surface area contributed by atoms with Crippen molar-refractivity contribution in [2.24, 2.45) is 28.2 Å². The number of hydrogen-bond donors (Lipinski definition) is 2. The summed E-state index contributed by atoms with van der Waals surface area (Å²) in [6.45, 7) is 6.97. The number of hydrogen-bond acceptors (Lipinski definition) is 2. The standard InChI is InChI=1S/C10H20N2/c1-9(2)6-4-8(12)10(9,3)5-7(6)11/h6-8H,4-5,11-12H2,1-3H3. The summed E-state index contributed by atoms with van der Waals surface area (Å²) in [7, 11) is 0. The van der Waals surface area contributed by atoms with Gasteiger partial charge in [-0.1, -0.05) is 20.8 Å². The summed E-state index contributed by atoms with van der Waals surface area (Å²) in [6, 6.07) is 0.766. The molecular formula is C10H20N2. The van der Waals surface area contributed by atoms with Crippen LogP contribution in [-0.4, -0.2) is 12.1 Å². The van der Waals surface area contributed by atoms with Crippen LogP contribution in [0.3, 0.4) is 0 Å². The quantitative estimate of drug-likeness (QED) is 0.569. The Morgan fingerprint density at radius 2 is 1.75 bits per heavy atom. The van der Waals surface area contributed by atoms with Gasteiger partial charge >= 0.3 is 0 Å². The molecule has 4 atom stereocenters. The fraction of sp³-hybridized carbons (Fsp3) is 1.00. The maximum Gasteiger partial charge on any atom is 0.0102 e. The van der Waals surface area contributed by atoms with Crippen molar-refractivity contribution >= 4 is 0 Å². The summed E-state index contributed by atoms with van der Waals surface area (Å²) in [5, 5.41) is 0. The number of fused-ring (bicyclic) bond motifs is 2. The molecular weight excluding hydrogens is 148 g/mol. The fourth-order valence-electron chi connectivity index (χ4n) is 3.49. The number of rotatable bonds is 0. The van der Waals surface area contributed by atoms with E-state index in [4.69, 9.17) is 11.5 Å². The van der Waals surface area contributed by atoms with E-state index in [0.717, 1.165) is 12.8 Å². The topological polar surface area (TPSA) is 52.0 Å². The molecule has 2 aliphatic carbocycles. The minimum Gasteiger partial charge on any atom is -0.327 e. The molecule has 2 fully saturated rings. The van der Waals surface area contributed by atoms with Crippen molar-refractivity contribution in [2.45, 2.75) is 45.7 Å². The van der Waals surface area contributed by atoms with Crippen LogP contribution in [-0.2, 0) is 0 Å². The zero-order chi connectivity index (χ0) is 9.15. The van der Waals surface area contributed by atoms with E-state index in [1.807, 2.05) is 0 Å². The van der Waals surface area contributed by atoms with Crippen molar-refractivity contribution < 1.29 is 0 Å². The second kappa shape index (κ2) is 2.05. The van der Waals surface area contributed by atoms with Gasteiger partial charge in [-0.3, -0.25) is 0 Å². The highest BCUT2D eigenvalue weighted by Gasteiger charge is 2.63. The molecule has 0 spiro atoms. The molecule has 4 unspecified atom stereocenters. The van der Waals surface area contributed by atoms with E-state index in [2.05, 4.69) is 20.8 Å². The summed E-state index contributed by atoms with van der Waals surface area (Å²) >= 11 is 0. The van der Waals surface area contributed by atoms with Gasteiger partial charge in [-0.05, 0) is 29.6 Å². The van der Waals surface area contributed by atoms with Crippen molar-refractivity contribution in [3.63, 3.8) is 0 Å². The summed E-state index contributed by atoms with van der Waals surface area (Å²) in [6.07, 6.45) is 2.25. The van der Waals surface area contributed by atoms with Crippen molar-refractivity contribution in [1.82, 2.24) is 0 Å². The Kier molecular flexibility index (Phi) is 1.45. The van der Waals surface area contributed by atoms with E-state index in [1.54, 1.807) is 0 Å². The van der Waals surface area contributed by atoms with E-state index in [-0.39, 0.29) is 5.41 Å². The molecule has 0 radical (unpaired) electrons. The Hall–Kier alpha value is -0.0800. The molecule has 4 N–H and O–H groups in total. The Labute approximate surface area is 74.7 Å². The van der Waals surface area contributed by atoms with E-state index in [1.165, 1.54) is 0 Å². The third-order valence-electron chi connectivity index (χ3n) is 4.90. The summed E-state index contributed by atoms with van der Waals surface area (Å²) in [5.41, 5.74) is 12.9. The molecule has 70 valence electrons. The molecule has 0 aromatic carbocycles. The first-order valence-corrected chi connectivity index (χ1v) is 4.91. The Morgan fingerprint density at radius 1 is 1.17 bits per heavy atom. The van der Waals surface area contributed by atoms with Gasteiger partial charge in [-0.25, -0.2) is 0 Å². The van der Waals surface area contributed by atoms with Gasteiger partial charge in [0.1, 0.15) is 0 Å². The SMILES string of the molecule is CC1(C)C2CC(N)C1(C)CC2N. The van der Waals surface area contributed by atoms with E-state index < -0.39 is 0 Å². The Bertz CT molecular complexity index is 212. The van der Waals surface area contributed by atoms with Gasteiger partial charge in [0.05, 0.1) is 0 Å². The van der Waals surface area contributed by atoms with E-state index in [9.17, 15) is 0 Å². The average molecular weight is 168 g/mol. The highest BCUT2D eigenvalue weighted by molar-refractivity contribution is 5.16. The highest BCUT2D eigenvalue weighted by Crippen LogP contribution is 2.64. The molecule has 2 heteroatoms. The van der Waals surface area contributed by atoms with Gasteiger partial charge in [0, 0.05) is 12.1 Å². The van der Waals surface area contributed by atoms with Crippen LogP contribution in [0.15, 0.2) is 0 Å². The number of nitrogens with two attached hydrogens (primary N) is 2. The molecule has 2 saturated carbocycles. The summed E-state index contributed by atoms with van der Waals surface area (Å²) in [4.78, 5) is 0. The predicted octanol–water partition coefficient (Wildman–Crippen LogP) is 1.10. The van der Waals surface area contributed by atoms with Gasteiger partial charge in [0.15, 0.2) is 0 Å². The molecule has 0 aliphatic heterocycles. The van der Waals surface area contributed by atoms with Crippen LogP contribution < -0.4 is 11.5 Å². The largest absolute Gasteiger partial charge is 0.327 e. The average Bonchev–Trinajstić information content (AvgIpc) is 2.18. The second-order valence-electron chi connectivity index (χ2n) is 5.46. The Balaban J connectivity index is 2.41. The van der Waals surface area contributed by atoms with Gasteiger partial charge in [-0.15, -0.1) is 0 Å². The lowest BCUT2D eigenvalue weighted by molar-refractivity contribution is 0.136. The van der Waals surface area contributed by atoms with Crippen molar-refractivity contribution in [3.8, 4) is 0 Å². The first-order valence-electron chi connectivity index (χ1n) is 4.91. The molecule has 0 aromatic rings. The zero-order valence-electron chi connectivity index (χ0n) is 8.30. The molecule has 0 aromatic heterocycles. The summed E-state index contributed by atoms with van der Waals surface area (Å²) in [5.74, 6) is 0.650. The lowest BCUT2D eigenvalue weighted by Gasteiger charge is -2.37. The highest BCUT2D eigenvalue weighted by atomic mass is 14.9. The minimum atomic E-state index is 0.289. The lowest BCUT2D eigenvalue weighted by atomic mass is 9.69. The third kappa shape index (κ3) is 0.686. The zero-order valence-corrected chi connectivity index (χ0v) is 8.30. The van der Waals surface area contributed by atoms with Crippen molar-refractivity contribution in [2.75, 3.05) is 0 Å². The third-order valence-corrected chi connectivity index (χ3v) is 4.90. The maximum absolute atomic E-state index is 6.14. The van der Waals surface area contributed by atoms with Crippen LogP contribution >= 0.6 is 0 Å². The van der Waals surface area contributed by atoms with Crippen LogP contribution in [0.2, 0.25) is 0 Å². The first kappa shape index (κ1) is 8.52. The molecule has 2 bridgehead atoms. The first-order chi connectivity index (χ1) is 5.39. The van der Waals surface area contributed by atoms with Crippen LogP contribution in [0.5, 0.6) is 0 Å². The van der Waals surface area contributed by atoms with Crippen molar-refractivity contribution in [3.05, 3.63) is 0 Å². The van der Waals surface area contributed by atoms with Crippen LogP contribution in [0.25, 0.3) is 0 Å². The van der Waals surface area contributed by atoms with Crippen LogP contribution in [0.1, 0.15) is 33.6 Å². The Morgan fingerprint density at radius 3 is 2.00 bits per heavy atom. The fourth-order valence-corrected chi connectivity index (χ4v) is 3.49. The molecule has 2 rings (SSSR count). The van der Waals surface area contributed by atoms with Crippen LogP contribution in [0, 0.1) is 16.7 Å². The lowest BCUT2D eigenvalue weighted by Crippen LogP contribution is -2.43. The smallest absolute Gasteiger partial charge is 0.0102 e.